The van der Waals surface area contributed by atoms with Gasteiger partial charge >= 0.3 is 12.0 Å². The molecule has 2 saturated heterocycles. The van der Waals surface area contributed by atoms with Crippen LogP contribution < -0.4 is 0 Å². The third kappa shape index (κ3) is 3.00. The van der Waals surface area contributed by atoms with Crippen LogP contribution in [0.25, 0.3) is 0 Å². The number of carboxylic acid groups (broad SMARTS) is 1. The van der Waals surface area contributed by atoms with E-state index in [-0.39, 0.29) is 18.7 Å². The van der Waals surface area contributed by atoms with Gasteiger partial charge in [0.2, 0.25) is 0 Å². The largest absolute Gasteiger partial charge is 0.481 e. The normalized spacial score (nSPS) is 28.4. The third-order valence-electron chi connectivity index (χ3n) is 4.22. The van der Waals surface area contributed by atoms with E-state index < -0.39 is 11.9 Å². The lowest BCUT2D eigenvalue weighted by molar-refractivity contribution is -0.142. The molecule has 2 unspecified atom stereocenters. The van der Waals surface area contributed by atoms with Crippen molar-refractivity contribution < 1.29 is 19.4 Å². The molecule has 2 rings (SSSR count). The fraction of sp³-hybridized carbons (Fsp3) is 0.846. The molecule has 2 aliphatic heterocycles. The van der Waals surface area contributed by atoms with Crippen molar-refractivity contribution in [3.63, 3.8) is 0 Å². The van der Waals surface area contributed by atoms with Crippen molar-refractivity contribution in [1.29, 1.82) is 0 Å². The highest BCUT2D eigenvalue weighted by molar-refractivity contribution is 5.77. The highest BCUT2D eigenvalue weighted by Gasteiger charge is 2.39. The van der Waals surface area contributed by atoms with E-state index in [9.17, 15) is 9.59 Å². The molecule has 2 amide bonds. The number of aliphatic carboxylic acids is 1. The van der Waals surface area contributed by atoms with Crippen LogP contribution >= 0.6 is 0 Å². The first-order valence-corrected chi connectivity index (χ1v) is 6.83. The number of carbonyl (C=O) groups excluding carboxylic acids is 1. The Morgan fingerprint density at radius 2 is 1.89 bits per heavy atom. The number of ether oxygens (including phenoxy) is 1. The number of carbonyl (C=O) groups is 2. The summed E-state index contributed by atoms with van der Waals surface area (Å²) in [6.07, 6.45) is 2.03. The molecule has 2 heterocycles. The average molecular weight is 270 g/mol. The minimum atomic E-state index is -0.894. The van der Waals surface area contributed by atoms with Gasteiger partial charge in [-0.1, -0.05) is 6.92 Å². The molecular weight excluding hydrogens is 248 g/mol. The molecule has 0 spiro atoms. The maximum absolute atomic E-state index is 12.4. The van der Waals surface area contributed by atoms with Crippen LogP contribution in [0.15, 0.2) is 0 Å². The van der Waals surface area contributed by atoms with E-state index in [1.165, 1.54) is 0 Å². The van der Waals surface area contributed by atoms with Gasteiger partial charge in [0.05, 0.1) is 19.3 Å². The molecule has 2 fully saturated rings. The lowest BCUT2D eigenvalue weighted by Gasteiger charge is -2.36. The molecule has 0 aliphatic carbocycles. The SMILES string of the molecule is CC1CCN(C(=O)N(C)C2COCC2C(=O)O)CC1. The van der Waals surface area contributed by atoms with Gasteiger partial charge < -0.3 is 19.6 Å². The number of likely N-dealkylation sites (tertiary alicyclic amines) is 1. The summed E-state index contributed by atoms with van der Waals surface area (Å²) < 4.78 is 5.21. The van der Waals surface area contributed by atoms with Gasteiger partial charge in [0.15, 0.2) is 0 Å². The Morgan fingerprint density at radius 1 is 1.26 bits per heavy atom. The Balaban J connectivity index is 1.96. The summed E-state index contributed by atoms with van der Waals surface area (Å²) >= 11 is 0. The highest BCUT2D eigenvalue weighted by Crippen LogP contribution is 2.22. The van der Waals surface area contributed by atoms with E-state index in [1.54, 1.807) is 11.9 Å². The minimum absolute atomic E-state index is 0.0753. The van der Waals surface area contributed by atoms with Crippen molar-refractivity contribution in [3.05, 3.63) is 0 Å². The Kier molecular flexibility index (Phi) is 4.29. The summed E-state index contributed by atoms with van der Waals surface area (Å²) in [4.78, 5) is 26.9. The van der Waals surface area contributed by atoms with Crippen LogP contribution in [0.4, 0.5) is 4.79 Å². The van der Waals surface area contributed by atoms with Crippen LogP contribution in [0.5, 0.6) is 0 Å². The molecule has 0 aromatic rings. The van der Waals surface area contributed by atoms with Crippen LogP contribution in [0.3, 0.4) is 0 Å². The number of hydrogen-bond acceptors (Lipinski definition) is 3. The van der Waals surface area contributed by atoms with Crippen LogP contribution in [-0.4, -0.2) is 66.3 Å². The lowest BCUT2D eigenvalue weighted by Crippen LogP contribution is -2.51. The quantitative estimate of drug-likeness (QED) is 0.808. The van der Waals surface area contributed by atoms with E-state index in [0.717, 1.165) is 25.9 Å². The summed E-state index contributed by atoms with van der Waals surface area (Å²) in [5.74, 6) is -0.844. The predicted octanol–water partition coefficient (Wildman–Crippen LogP) is 0.870. The van der Waals surface area contributed by atoms with Crippen molar-refractivity contribution in [2.45, 2.75) is 25.8 Å². The molecule has 108 valence electrons. The summed E-state index contributed by atoms with van der Waals surface area (Å²) in [5.41, 5.74) is 0. The van der Waals surface area contributed by atoms with Crippen LogP contribution in [0.1, 0.15) is 19.8 Å². The zero-order valence-corrected chi connectivity index (χ0v) is 11.5. The van der Waals surface area contributed by atoms with E-state index >= 15 is 0 Å². The molecule has 0 saturated carbocycles. The second-order valence-electron chi connectivity index (χ2n) is 5.61. The summed E-state index contributed by atoms with van der Waals surface area (Å²) in [7, 11) is 1.68. The Morgan fingerprint density at radius 3 is 2.47 bits per heavy atom. The molecular formula is C13H22N2O4. The van der Waals surface area contributed by atoms with Gasteiger partial charge in [-0.2, -0.15) is 0 Å². The molecule has 0 bridgehead atoms. The summed E-state index contributed by atoms with van der Waals surface area (Å²) in [6.45, 7) is 4.21. The fourth-order valence-electron chi connectivity index (χ4n) is 2.73. The van der Waals surface area contributed by atoms with Gasteiger partial charge in [0.25, 0.3) is 0 Å². The fourth-order valence-corrected chi connectivity index (χ4v) is 2.73. The van der Waals surface area contributed by atoms with Gasteiger partial charge in [-0.05, 0) is 18.8 Å². The number of urea groups is 1. The molecule has 6 nitrogen and oxygen atoms in total. The lowest BCUT2D eigenvalue weighted by atomic mass is 9.99. The first-order valence-electron chi connectivity index (χ1n) is 6.83. The zero-order chi connectivity index (χ0) is 14.0. The molecule has 0 aromatic carbocycles. The van der Waals surface area contributed by atoms with Gasteiger partial charge in [0, 0.05) is 20.1 Å². The van der Waals surface area contributed by atoms with Crippen LogP contribution in [0.2, 0.25) is 0 Å². The highest BCUT2D eigenvalue weighted by atomic mass is 16.5. The zero-order valence-electron chi connectivity index (χ0n) is 11.5. The van der Waals surface area contributed by atoms with Gasteiger partial charge in [-0.25, -0.2) is 4.79 Å². The maximum Gasteiger partial charge on any atom is 0.320 e. The summed E-state index contributed by atoms with van der Waals surface area (Å²) in [5, 5.41) is 9.13. The number of amides is 2. The minimum Gasteiger partial charge on any atom is -0.481 e. The van der Waals surface area contributed by atoms with E-state index in [1.807, 2.05) is 4.90 Å². The molecule has 19 heavy (non-hydrogen) atoms. The molecule has 0 aromatic heterocycles. The number of carboxylic acids is 1. The van der Waals surface area contributed by atoms with Crippen molar-refractivity contribution in [2.75, 3.05) is 33.4 Å². The maximum atomic E-state index is 12.4. The van der Waals surface area contributed by atoms with Crippen LogP contribution in [0, 0.1) is 11.8 Å². The Labute approximate surface area is 113 Å². The van der Waals surface area contributed by atoms with Crippen molar-refractivity contribution in [2.24, 2.45) is 11.8 Å². The standard InChI is InChI=1S/C13H22N2O4/c1-9-3-5-15(6-4-9)13(18)14(2)11-8-19-7-10(11)12(16)17/h9-11H,3-8H2,1-2H3,(H,16,17). The van der Waals surface area contributed by atoms with Crippen molar-refractivity contribution >= 4 is 12.0 Å². The monoisotopic (exact) mass is 270 g/mol. The molecule has 2 atom stereocenters. The van der Waals surface area contributed by atoms with Crippen molar-refractivity contribution in [1.82, 2.24) is 9.80 Å². The number of rotatable bonds is 2. The van der Waals surface area contributed by atoms with Gasteiger partial charge in [-0.15, -0.1) is 0 Å². The number of nitrogens with zero attached hydrogens (tertiary/aromatic N) is 2. The van der Waals surface area contributed by atoms with E-state index in [0.29, 0.717) is 12.5 Å². The predicted molar refractivity (Wildman–Crippen MR) is 68.9 cm³/mol. The second kappa shape index (κ2) is 5.77. The molecule has 2 aliphatic rings. The average Bonchev–Trinajstić information content (AvgIpc) is 2.87. The number of piperidine rings is 1. The van der Waals surface area contributed by atoms with E-state index in [2.05, 4.69) is 6.92 Å². The third-order valence-corrected chi connectivity index (χ3v) is 4.22. The van der Waals surface area contributed by atoms with Gasteiger partial charge in [-0.3, -0.25) is 4.79 Å². The molecule has 0 radical (unpaired) electrons. The smallest absolute Gasteiger partial charge is 0.320 e. The summed E-state index contributed by atoms with van der Waals surface area (Å²) in [6, 6.07) is -0.432. The first-order chi connectivity index (χ1) is 9.00. The molecule has 6 heteroatoms. The second-order valence-corrected chi connectivity index (χ2v) is 5.61. The number of likely N-dealkylation sites (N-methyl/N-ethyl adjacent to an activating group) is 1. The first kappa shape index (κ1) is 14.1. The van der Waals surface area contributed by atoms with Gasteiger partial charge in [0.1, 0.15) is 5.92 Å². The van der Waals surface area contributed by atoms with Crippen molar-refractivity contribution in [3.8, 4) is 0 Å². The number of hydrogen-bond donors (Lipinski definition) is 1. The topological polar surface area (TPSA) is 70.1 Å². The Hall–Kier alpha value is -1.30. The van der Waals surface area contributed by atoms with E-state index in [4.69, 9.17) is 9.84 Å². The molecule has 1 N–H and O–H groups in total. The Bertz CT molecular complexity index is 353. The van der Waals surface area contributed by atoms with Crippen LogP contribution in [-0.2, 0) is 9.53 Å².